The van der Waals surface area contributed by atoms with Crippen molar-refractivity contribution in [3.8, 4) is 0 Å². The summed E-state index contributed by atoms with van der Waals surface area (Å²) in [4.78, 5) is 37.6. The molecule has 0 bridgehead atoms. The Hall–Kier alpha value is -2.24. The summed E-state index contributed by atoms with van der Waals surface area (Å²) >= 11 is 0. The van der Waals surface area contributed by atoms with Gasteiger partial charge in [0.1, 0.15) is 11.9 Å². The summed E-state index contributed by atoms with van der Waals surface area (Å²) in [5.74, 6) is 0.375. The largest absolute Gasteiger partial charge is 0.456 e. The van der Waals surface area contributed by atoms with Crippen molar-refractivity contribution in [2.24, 2.45) is 35.5 Å². The molecule has 0 radical (unpaired) electrons. The average molecular weight is 459 g/mol. The number of Topliss-reactive ketones (excluding diaryl/α,β-unsaturated/α-hetero) is 2. The van der Waals surface area contributed by atoms with Crippen LogP contribution in [-0.4, -0.2) is 45.8 Å². The number of allylic oxidation sites excluding steroid dienone is 3. The molecule has 1 N–H and O–H groups in total. The molecular formula is C27H40NO5+. The first-order valence-electron chi connectivity index (χ1n) is 12.4. The third-order valence-electron chi connectivity index (χ3n) is 7.98. The topological polar surface area (TPSA) is 83.7 Å². The average Bonchev–Trinajstić information content (AvgIpc) is 2.71. The summed E-state index contributed by atoms with van der Waals surface area (Å²) in [5, 5.41) is 9.69. The van der Waals surface area contributed by atoms with E-state index in [-0.39, 0.29) is 17.8 Å². The molecule has 0 aromatic heterocycles. The lowest BCUT2D eigenvalue weighted by Crippen LogP contribution is -2.49. The molecule has 182 valence electrons. The van der Waals surface area contributed by atoms with Crippen molar-refractivity contribution >= 4 is 24.3 Å². The molecule has 0 heterocycles. The van der Waals surface area contributed by atoms with Crippen molar-refractivity contribution in [1.29, 1.82) is 0 Å². The molecule has 0 aromatic rings. The van der Waals surface area contributed by atoms with Crippen molar-refractivity contribution < 1.29 is 29.1 Å². The van der Waals surface area contributed by atoms with Crippen LogP contribution in [0.4, 0.5) is 0 Å². The monoisotopic (exact) mass is 458 g/mol. The molecule has 7 atom stereocenters. The number of carbonyl (C=O) groups excluding carboxylic acids is 3. The van der Waals surface area contributed by atoms with Gasteiger partial charge < -0.3 is 4.74 Å². The fourth-order valence-electron chi connectivity index (χ4n) is 5.96. The maximum Gasteiger partial charge on any atom is 0.382 e. The molecule has 0 aromatic carbocycles. The van der Waals surface area contributed by atoms with Crippen LogP contribution < -0.4 is 0 Å². The summed E-state index contributed by atoms with van der Waals surface area (Å²) in [6, 6.07) is 0. The molecule has 3 aliphatic carbocycles. The summed E-state index contributed by atoms with van der Waals surface area (Å²) in [5.41, 5.74) is -0.283. The fraction of sp³-hybridized carbons (Fsp3) is 0.704. The van der Waals surface area contributed by atoms with E-state index < -0.39 is 23.4 Å². The molecule has 0 aliphatic heterocycles. The summed E-state index contributed by atoms with van der Waals surface area (Å²) < 4.78 is 6.36. The van der Waals surface area contributed by atoms with Gasteiger partial charge in [0, 0.05) is 32.6 Å². The van der Waals surface area contributed by atoms with Crippen LogP contribution in [0.5, 0.6) is 0 Å². The number of nitrogens with zero attached hydrogens (tertiary/aromatic N) is 1. The summed E-state index contributed by atoms with van der Waals surface area (Å²) in [6.07, 6.45) is 11.3. The molecule has 0 saturated heterocycles. The summed E-state index contributed by atoms with van der Waals surface area (Å²) in [7, 11) is 0. The molecule has 6 heteroatoms. The zero-order valence-corrected chi connectivity index (χ0v) is 20.8. The normalized spacial score (nSPS) is 34.3. The fourth-order valence-corrected chi connectivity index (χ4v) is 5.96. The van der Waals surface area contributed by atoms with Crippen LogP contribution in [0.2, 0.25) is 0 Å². The van der Waals surface area contributed by atoms with Crippen molar-refractivity contribution in [3.05, 3.63) is 23.8 Å². The van der Waals surface area contributed by atoms with E-state index in [1.807, 2.05) is 0 Å². The standard InChI is InChI=1S/C27H40NO5/c1-16-11-19(15-21(29)13-16)8-10-22-18(3)7-9-20-12-17(2)14-23(24(20)22)33-26(31)25(30)27(4,5)28(6)32/h7,9,12,16-19,22-24,32H,6,8,10-11,13-15H2,1-5H3/q+1/t16-,17+,18+,19-,22?,23+,24+/m1/s1. The van der Waals surface area contributed by atoms with Gasteiger partial charge in [-0.3, -0.25) is 14.8 Å². The molecule has 1 fully saturated rings. The van der Waals surface area contributed by atoms with Gasteiger partial charge in [-0.05, 0) is 65.6 Å². The van der Waals surface area contributed by atoms with Gasteiger partial charge in [-0.15, -0.1) is 0 Å². The summed E-state index contributed by atoms with van der Waals surface area (Å²) in [6.45, 7) is 12.7. The molecule has 6 nitrogen and oxygen atoms in total. The molecule has 0 spiro atoms. The number of hydroxylamine groups is 1. The van der Waals surface area contributed by atoms with Gasteiger partial charge in [0.05, 0.1) is 0 Å². The van der Waals surface area contributed by atoms with E-state index in [4.69, 9.17) is 4.74 Å². The third-order valence-corrected chi connectivity index (χ3v) is 7.98. The lowest BCUT2D eigenvalue weighted by atomic mass is 9.64. The predicted octanol–water partition coefficient (Wildman–Crippen LogP) is 4.54. The van der Waals surface area contributed by atoms with Gasteiger partial charge in [-0.25, -0.2) is 4.79 Å². The number of esters is 1. The highest BCUT2D eigenvalue weighted by Crippen LogP contribution is 2.46. The number of ketones is 2. The Morgan fingerprint density at radius 2 is 1.88 bits per heavy atom. The minimum absolute atomic E-state index is 0.0303. The van der Waals surface area contributed by atoms with Crippen molar-refractivity contribution in [3.63, 3.8) is 0 Å². The van der Waals surface area contributed by atoms with Gasteiger partial charge in [0.15, 0.2) is 6.72 Å². The first kappa shape index (κ1) is 25.4. The zero-order chi connectivity index (χ0) is 24.5. The molecule has 0 amide bonds. The number of hydrogen-bond donors (Lipinski definition) is 1. The van der Waals surface area contributed by atoms with Gasteiger partial charge in [0.2, 0.25) is 0 Å². The minimum atomic E-state index is -1.46. The Labute approximate surface area is 197 Å². The Morgan fingerprint density at radius 1 is 1.18 bits per heavy atom. The molecular weight excluding hydrogens is 418 g/mol. The Balaban J connectivity index is 1.77. The van der Waals surface area contributed by atoms with Crippen LogP contribution in [0.25, 0.3) is 0 Å². The van der Waals surface area contributed by atoms with E-state index in [1.54, 1.807) is 0 Å². The van der Waals surface area contributed by atoms with Crippen molar-refractivity contribution in [1.82, 2.24) is 0 Å². The second-order valence-corrected chi connectivity index (χ2v) is 11.3. The number of fused-ring (bicyclic) bond motifs is 1. The highest BCUT2D eigenvalue weighted by atomic mass is 16.6. The Morgan fingerprint density at radius 3 is 2.52 bits per heavy atom. The van der Waals surface area contributed by atoms with E-state index in [0.717, 1.165) is 19.3 Å². The SMILES string of the molecule is C=[N+](O)C(C)(C)C(=O)C(=O)O[C@H]1C[C@@H](C)C=C2C=C[C@H](C)C(CC[C@H]3CC(=O)C[C@H](C)C3)[C@H]21. The van der Waals surface area contributed by atoms with Gasteiger partial charge >= 0.3 is 11.8 Å². The zero-order valence-electron chi connectivity index (χ0n) is 20.8. The van der Waals surface area contributed by atoms with Gasteiger partial charge in [-0.1, -0.05) is 39.0 Å². The number of carbonyl (C=O) groups is 3. The second kappa shape index (κ2) is 9.94. The molecule has 3 aliphatic rings. The molecule has 3 rings (SSSR count). The van der Waals surface area contributed by atoms with Gasteiger partial charge in [-0.2, -0.15) is 0 Å². The quantitative estimate of drug-likeness (QED) is 0.151. The van der Waals surface area contributed by atoms with Crippen LogP contribution in [0.15, 0.2) is 23.8 Å². The highest BCUT2D eigenvalue weighted by Gasteiger charge is 2.48. The molecule has 33 heavy (non-hydrogen) atoms. The molecule has 1 unspecified atom stereocenters. The number of hydrogen-bond acceptors (Lipinski definition) is 5. The van der Waals surface area contributed by atoms with Crippen molar-refractivity contribution in [2.45, 2.75) is 84.8 Å². The van der Waals surface area contributed by atoms with Gasteiger partial charge in [0.25, 0.3) is 5.54 Å². The van der Waals surface area contributed by atoms with Crippen LogP contribution >= 0.6 is 0 Å². The second-order valence-electron chi connectivity index (χ2n) is 11.3. The maximum atomic E-state index is 12.8. The van der Waals surface area contributed by atoms with Crippen LogP contribution in [-0.2, 0) is 19.1 Å². The smallest absolute Gasteiger partial charge is 0.382 e. The number of rotatable bonds is 7. The lowest BCUT2D eigenvalue weighted by Gasteiger charge is -2.43. The third kappa shape index (κ3) is 5.64. The molecule has 1 saturated carbocycles. The maximum absolute atomic E-state index is 12.8. The predicted molar refractivity (Wildman–Crippen MR) is 126 cm³/mol. The first-order valence-corrected chi connectivity index (χ1v) is 12.4. The highest BCUT2D eigenvalue weighted by molar-refractivity contribution is 6.36. The van der Waals surface area contributed by atoms with Crippen LogP contribution in [0, 0.1) is 35.5 Å². The minimum Gasteiger partial charge on any atom is -0.456 e. The Kier molecular flexibility index (Phi) is 7.65. The van der Waals surface area contributed by atoms with E-state index in [0.29, 0.717) is 47.5 Å². The van der Waals surface area contributed by atoms with E-state index in [9.17, 15) is 19.6 Å². The van der Waals surface area contributed by atoms with E-state index in [1.165, 1.54) is 19.4 Å². The van der Waals surface area contributed by atoms with Crippen LogP contribution in [0.1, 0.15) is 73.1 Å². The van der Waals surface area contributed by atoms with Crippen molar-refractivity contribution in [2.75, 3.05) is 0 Å². The Bertz CT molecular complexity index is 870. The number of ether oxygens (including phenoxy) is 1. The van der Waals surface area contributed by atoms with Crippen LogP contribution in [0.3, 0.4) is 0 Å². The van der Waals surface area contributed by atoms with E-state index in [2.05, 4.69) is 45.7 Å². The van der Waals surface area contributed by atoms with E-state index >= 15 is 0 Å². The lowest BCUT2D eigenvalue weighted by molar-refractivity contribution is -0.805. The first-order chi connectivity index (χ1) is 15.4.